The molecule has 0 aliphatic carbocycles. The van der Waals surface area contributed by atoms with Crippen LogP contribution < -0.4 is 9.62 Å². The van der Waals surface area contributed by atoms with Gasteiger partial charge >= 0.3 is 0 Å². The summed E-state index contributed by atoms with van der Waals surface area (Å²) < 4.78 is 26.2. The Bertz CT molecular complexity index is 1180. The average molecular weight is 583 g/mol. The third-order valence-corrected chi connectivity index (χ3v) is 7.69. The highest BCUT2D eigenvalue weighted by atomic mass is 35.5. The molecule has 2 amide bonds. The van der Waals surface area contributed by atoms with Gasteiger partial charge in [-0.1, -0.05) is 72.4 Å². The van der Waals surface area contributed by atoms with Gasteiger partial charge in [-0.2, -0.15) is 0 Å². The molecule has 12 heteroatoms. The van der Waals surface area contributed by atoms with Crippen LogP contribution >= 0.6 is 46.4 Å². The van der Waals surface area contributed by atoms with Crippen molar-refractivity contribution in [1.29, 1.82) is 0 Å². The summed E-state index contributed by atoms with van der Waals surface area (Å²) in [6, 6.07) is 8.45. The van der Waals surface area contributed by atoms with Crippen molar-refractivity contribution >= 4 is 73.9 Å². The standard InChI is InChI=1S/C23H27Cl4N3O4S/c1-4-11-28-23(32)19(5-2)29(13-15-9-10-16(24)12-18(15)26)21(31)14-30(35(3,33)34)20-8-6-7-17(25)22(20)27/h6-10,12,19H,4-5,11,13-14H2,1-3H3,(H,28,32)/t19-/m0/s1. The van der Waals surface area contributed by atoms with Gasteiger partial charge in [0.25, 0.3) is 0 Å². The molecule has 0 bridgehead atoms. The molecule has 35 heavy (non-hydrogen) atoms. The number of rotatable bonds is 11. The molecule has 7 nitrogen and oxygen atoms in total. The van der Waals surface area contributed by atoms with Gasteiger partial charge in [0, 0.05) is 23.1 Å². The van der Waals surface area contributed by atoms with Gasteiger partial charge in [-0.3, -0.25) is 13.9 Å². The van der Waals surface area contributed by atoms with E-state index in [9.17, 15) is 18.0 Å². The number of halogens is 4. The summed E-state index contributed by atoms with van der Waals surface area (Å²) in [5, 5.41) is 3.67. The highest BCUT2D eigenvalue weighted by molar-refractivity contribution is 7.92. The van der Waals surface area contributed by atoms with Crippen molar-refractivity contribution in [3.05, 3.63) is 62.1 Å². The van der Waals surface area contributed by atoms with E-state index in [1.54, 1.807) is 19.1 Å². The van der Waals surface area contributed by atoms with Crippen LogP contribution in [0.15, 0.2) is 36.4 Å². The number of hydrogen-bond donors (Lipinski definition) is 1. The third-order valence-electron chi connectivity index (χ3n) is 5.17. The zero-order chi connectivity index (χ0) is 26.3. The number of nitrogens with zero attached hydrogens (tertiary/aromatic N) is 2. The molecule has 2 aromatic carbocycles. The van der Waals surface area contributed by atoms with E-state index < -0.39 is 28.5 Å². The molecular formula is C23H27Cl4N3O4S. The largest absolute Gasteiger partial charge is 0.354 e. The van der Waals surface area contributed by atoms with Crippen molar-refractivity contribution in [3.8, 4) is 0 Å². The lowest BCUT2D eigenvalue weighted by molar-refractivity contribution is -0.140. The van der Waals surface area contributed by atoms with Gasteiger partial charge in [0.1, 0.15) is 12.6 Å². The molecule has 0 saturated heterocycles. The Morgan fingerprint density at radius 2 is 1.71 bits per heavy atom. The van der Waals surface area contributed by atoms with E-state index in [0.29, 0.717) is 35.0 Å². The minimum Gasteiger partial charge on any atom is -0.354 e. The van der Waals surface area contributed by atoms with E-state index in [4.69, 9.17) is 46.4 Å². The summed E-state index contributed by atoms with van der Waals surface area (Å²) in [4.78, 5) is 27.9. The second kappa shape index (κ2) is 13.0. The summed E-state index contributed by atoms with van der Waals surface area (Å²) >= 11 is 24.7. The Morgan fingerprint density at radius 1 is 1.03 bits per heavy atom. The van der Waals surface area contributed by atoms with Crippen molar-refractivity contribution in [2.24, 2.45) is 0 Å². The summed E-state index contributed by atoms with van der Waals surface area (Å²) in [5.74, 6) is -0.963. The maximum absolute atomic E-state index is 13.6. The fraction of sp³-hybridized carbons (Fsp3) is 0.391. The molecule has 0 fully saturated rings. The monoisotopic (exact) mass is 581 g/mol. The van der Waals surface area contributed by atoms with E-state index in [1.807, 2.05) is 6.92 Å². The molecule has 0 radical (unpaired) electrons. The predicted molar refractivity (Wildman–Crippen MR) is 143 cm³/mol. The van der Waals surface area contributed by atoms with Gasteiger partial charge in [0.2, 0.25) is 21.8 Å². The third kappa shape index (κ3) is 7.89. The van der Waals surface area contributed by atoms with E-state index in [-0.39, 0.29) is 28.2 Å². The van der Waals surface area contributed by atoms with E-state index in [0.717, 1.165) is 10.6 Å². The Balaban J connectivity index is 2.50. The topological polar surface area (TPSA) is 86.8 Å². The van der Waals surface area contributed by atoms with Crippen LogP contribution in [-0.4, -0.2) is 50.5 Å². The van der Waals surface area contributed by atoms with Gasteiger partial charge in [-0.25, -0.2) is 8.42 Å². The predicted octanol–water partition coefficient (Wildman–Crippen LogP) is 5.40. The molecule has 192 valence electrons. The molecule has 2 rings (SSSR count). The van der Waals surface area contributed by atoms with Crippen LogP contribution in [0.4, 0.5) is 5.69 Å². The van der Waals surface area contributed by atoms with Gasteiger partial charge in [-0.05, 0) is 42.7 Å². The van der Waals surface area contributed by atoms with Crippen molar-refractivity contribution in [1.82, 2.24) is 10.2 Å². The second-order valence-corrected chi connectivity index (χ2v) is 11.4. The number of hydrogen-bond acceptors (Lipinski definition) is 4. The van der Waals surface area contributed by atoms with Crippen LogP contribution in [0.2, 0.25) is 20.1 Å². The Hall–Kier alpha value is -1.71. The summed E-state index contributed by atoms with van der Waals surface area (Å²) in [5.41, 5.74) is 0.612. The van der Waals surface area contributed by atoms with Crippen molar-refractivity contribution in [3.63, 3.8) is 0 Å². The molecule has 1 atom stereocenters. The molecular weight excluding hydrogens is 556 g/mol. The highest BCUT2D eigenvalue weighted by Gasteiger charge is 2.32. The number of anilines is 1. The first-order valence-corrected chi connectivity index (χ1v) is 14.2. The normalized spacial score (nSPS) is 12.2. The highest BCUT2D eigenvalue weighted by Crippen LogP contribution is 2.34. The molecule has 0 aliphatic heterocycles. The quantitative estimate of drug-likeness (QED) is 0.384. The number of benzene rings is 2. The SMILES string of the molecule is CCCNC(=O)[C@H](CC)N(Cc1ccc(Cl)cc1Cl)C(=O)CN(c1cccc(Cl)c1Cl)S(C)(=O)=O. The molecule has 0 saturated carbocycles. The minimum absolute atomic E-state index is 0.00702. The van der Waals surface area contributed by atoms with Crippen LogP contribution in [0.3, 0.4) is 0 Å². The van der Waals surface area contributed by atoms with E-state index in [1.165, 1.54) is 29.2 Å². The number of carbonyl (C=O) groups excluding carboxylic acids is 2. The fourth-order valence-corrected chi connectivity index (χ4v) is 5.17. The first kappa shape index (κ1) is 29.5. The smallest absolute Gasteiger partial charge is 0.244 e. The van der Waals surface area contributed by atoms with Crippen molar-refractivity contribution in [2.75, 3.05) is 23.7 Å². The van der Waals surface area contributed by atoms with Gasteiger partial charge in [-0.15, -0.1) is 0 Å². The lowest BCUT2D eigenvalue weighted by Gasteiger charge is -2.33. The second-order valence-electron chi connectivity index (χ2n) is 7.82. The Morgan fingerprint density at radius 3 is 2.29 bits per heavy atom. The first-order valence-electron chi connectivity index (χ1n) is 10.8. The van der Waals surface area contributed by atoms with Gasteiger partial charge in [0.15, 0.2) is 0 Å². The number of carbonyl (C=O) groups is 2. The maximum Gasteiger partial charge on any atom is 0.244 e. The molecule has 0 heterocycles. The Kier molecular flexibility index (Phi) is 11.0. The van der Waals surface area contributed by atoms with Crippen LogP contribution in [0.5, 0.6) is 0 Å². The molecule has 2 aromatic rings. The molecule has 1 N–H and O–H groups in total. The summed E-state index contributed by atoms with van der Waals surface area (Å²) in [7, 11) is -3.94. The van der Waals surface area contributed by atoms with Crippen LogP contribution in [0.25, 0.3) is 0 Å². The van der Waals surface area contributed by atoms with Crippen LogP contribution in [0.1, 0.15) is 32.3 Å². The molecule has 0 aromatic heterocycles. The summed E-state index contributed by atoms with van der Waals surface area (Å²) in [6.07, 6.45) is 1.97. The van der Waals surface area contributed by atoms with E-state index >= 15 is 0 Å². The van der Waals surface area contributed by atoms with E-state index in [2.05, 4.69) is 5.32 Å². The zero-order valence-corrected chi connectivity index (χ0v) is 23.4. The van der Waals surface area contributed by atoms with Crippen molar-refractivity contribution < 1.29 is 18.0 Å². The van der Waals surface area contributed by atoms with Gasteiger partial charge in [0.05, 0.1) is 22.0 Å². The minimum atomic E-state index is -3.94. The Labute approximate surface area is 226 Å². The van der Waals surface area contributed by atoms with Crippen LogP contribution in [0, 0.1) is 0 Å². The van der Waals surface area contributed by atoms with Crippen molar-refractivity contribution in [2.45, 2.75) is 39.3 Å². The maximum atomic E-state index is 13.6. The lowest BCUT2D eigenvalue weighted by atomic mass is 10.1. The number of sulfonamides is 1. The van der Waals surface area contributed by atoms with Gasteiger partial charge < -0.3 is 10.2 Å². The molecule has 0 spiro atoms. The van der Waals surface area contributed by atoms with Crippen LogP contribution in [-0.2, 0) is 26.2 Å². The summed E-state index contributed by atoms with van der Waals surface area (Å²) in [6.45, 7) is 3.49. The fourth-order valence-electron chi connectivity index (χ4n) is 3.40. The number of nitrogens with one attached hydrogen (secondary N) is 1. The lowest BCUT2D eigenvalue weighted by Crippen LogP contribution is -2.52. The average Bonchev–Trinajstić information content (AvgIpc) is 2.78. The zero-order valence-electron chi connectivity index (χ0n) is 19.5. The molecule has 0 unspecified atom stereocenters. The molecule has 0 aliphatic rings. The number of amides is 2. The first-order chi connectivity index (χ1) is 16.4.